The molecular weight excluding hydrogens is 378 g/mol. The van der Waals surface area contributed by atoms with E-state index in [4.69, 9.17) is 4.74 Å². The van der Waals surface area contributed by atoms with Crippen molar-refractivity contribution in [3.63, 3.8) is 0 Å². The third-order valence-corrected chi connectivity index (χ3v) is 4.90. The van der Waals surface area contributed by atoms with E-state index in [9.17, 15) is 13.6 Å². The first-order valence-corrected chi connectivity index (χ1v) is 9.23. The van der Waals surface area contributed by atoms with Gasteiger partial charge >= 0.3 is 6.03 Å². The van der Waals surface area contributed by atoms with Gasteiger partial charge in [-0.2, -0.15) is 5.10 Å². The highest BCUT2D eigenvalue weighted by molar-refractivity contribution is 5.89. The predicted molar refractivity (Wildman–Crippen MR) is 103 cm³/mol. The van der Waals surface area contributed by atoms with Gasteiger partial charge in [0.15, 0.2) is 0 Å². The molecule has 0 bridgehead atoms. The number of hydrogen-bond acceptors (Lipinski definition) is 3. The number of nitrogens with one attached hydrogen (secondary N) is 1. The maximum atomic E-state index is 13.0. The molecule has 8 heteroatoms. The van der Waals surface area contributed by atoms with Crippen molar-refractivity contribution in [2.75, 3.05) is 11.9 Å². The molecule has 2 amide bonds. The quantitative estimate of drug-likeness (QED) is 0.726. The zero-order chi connectivity index (χ0) is 20.4. The molecule has 0 spiro atoms. The predicted octanol–water partition coefficient (Wildman–Crippen LogP) is 3.87. The number of fused-ring (bicyclic) bond motifs is 1. The van der Waals surface area contributed by atoms with Crippen molar-refractivity contribution in [3.05, 3.63) is 77.1 Å². The largest absolute Gasteiger partial charge is 0.487 e. The Morgan fingerprint density at radius 2 is 1.76 bits per heavy atom. The minimum absolute atomic E-state index is 0.224. The zero-order valence-corrected chi connectivity index (χ0v) is 15.9. The molecule has 1 aliphatic rings. The van der Waals surface area contributed by atoms with Crippen molar-refractivity contribution in [2.24, 2.45) is 7.05 Å². The van der Waals surface area contributed by atoms with Gasteiger partial charge in [-0.25, -0.2) is 13.6 Å². The van der Waals surface area contributed by atoms with Gasteiger partial charge in [0.2, 0.25) is 0 Å². The normalized spacial score (nSPS) is 13.1. The molecule has 0 saturated carbocycles. The van der Waals surface area contributed by atoms with Crippen LogP contribution in [-0.2, 0) is 26.6 Å². The average molecular weight is 398 g/mol. The van der Waals surface area contributed by atoms with Crippen LogP contribution in [0.3, 0.4) is 0 Å². The number of rotatable bonds is 4. The van der Waals surface area contributed by atoms with Gasteiger partial charge in [0.1, 0.15) is 29.7 Å². The Labute approximate surface area is 166 Å². The van der Waals surface area contributed by atoms with Gasteiger partial charge in [0, 0.05) is 37.0 Å². The van der Waals surface area contributed by atoms with Gasteiger partial charge < -0.3 is 15.0 Å². The van der Waals surface area contributed by atoms with Crippen LogP contribution in [0.25, 0.3) is 0 Å². The second-order valence-electron chi connectivity index (χ2n) is 6.85. The first-order chi connectivity index (χ1) is 14.0. The fourth-order valence-electron chi connectivity index (χ4n) is 3.38. The first-order valence-electron chi connectivity index (χ1n) is 9.23. The summed E-state index contributed by atoms with van der Waals surface area (Å²) in [5.41, 5.74) is 3.29. The van der Waals surface area contributed by atoms with Crippen molar-refractivity contribution in [2.45, 2.75) is 19.6 Å². The van der Waals surface area contributed by atoms with Crippen LogP contribution in [0, 0.1) is 11.6 Å². The second kappa shape index (κ2) is 7.90. The van der Waals surface area contributed by atoms with E-state index in [1.54, 1.807) is 17.0 Å². The summed E-state index contributed by atoms with van der Waals surface area (Å²) in [5.74, 6) is -0.130. The number of halogens is 2. The van der Waals surface area contributed by atoms with Crippen molar-refractivity contribution in [1.29, 1.82) is 0 Å². The van der Waals surface area contributed by atoms with E-state index in [0.29, 0.717) is 30.9 Å². The van der Waals surface area contributed by atoms with Crippen molar-refractivity contribution < 1.29 is 18.3 Å². The number of carbonyl (C=O) groups is 1. The Kier molecular flexibility index (Phi) is 5.16. The summed E-state index contributed by atoms with van der Waals surface area (Å²) >= 11 is 0. The summed E-state index contributed by atoms with van der Waals surface area (Å²) in [6.45, 7) is 1.18. The van der Waals surface area contributed by atoms with Gasteiger partial charge in [-0.3, -0.25) is 4.68 Å². The molecule has 0 fully saturated rings. The van der Waals surface area contributed by atoms with Crippen LogP contribution >= 0.6 is 0 Å². The first kappa shape index (κ1) is 18.9. The Balaban J connectivity index is 1.45. The number of hydrogen-bond donors (Lipinski definition) is 1. The van der Waals surface area contributed by atoms with Gasteiger partial charge in [0.05, 0.1) is 6.54 Å². The molecule has 29 heavy (non-hydrogen) atoms. The topological polar surface area (TPSA) is 59.4 Å². The van der Waals surface area contributed by atoms with Gasteiger partial charge in [-0.05, 0) is 48.5 Å². The molecule has 0 radical (unpaired) electrons. The molecule has 0 aliphatic carbocycles. The van der Waals surface area contributed by atoms with Crippen molar-refractivity contribution in [3.8, 4) is 5.75 Å². The second-order valence-corrected chi connectivity index (χ2v) is 6.85. The number of amides is 2. The summed E-state index contributed by atoms with van der Waals surface area (Å²) < 4.78 is 33.6. The molecule has 0 atom stereocenters. The number of ether oxygens (including phenoxy) is 1. The van der Waals surface area contributed by atoms with E-state index >= 15 is 0 Å². The average Bonchev–Trinajstić information content (AvgIpc) is 3.04. The highest BCUT2D eigenvalue weighted by Gasteiger charge is 2.27. The van der Waals surface area contributed by atoms with E-state index in [2.05, 4.69) is 10.4 Å². The Morgan fingerprint density at radius 1 is 1.10 bits per heavy atom. The monoisotopic (exact) mass is 398 g/mol. The summed E-state index contributed by atoms with van der Waals surface area (Å²) in [6, 6.07) is 11.2. The molecule has 3 aromatic rings. The molecule has 150 valence electrons. The minimum Gasteiger partial charge on any atom is -0.487 e. The van der Waals surface area contributed by atoms with E-state index in [1.165, 1.54) is 36.4 Å². The third-order valence-electron chi connectivity index (χ3n) is 4.90. The lowest BCUT2D eigenvalue weighted by Crippen LogP contribution is -2.39. The SMILES string of the molecule is Cn1nc(COc2ccc(F)cc2)c2c1CCN(C(=O)Nc1ccc(F)cc1)C2. The van der Waals surface area contributed by atoms with Crippen LogP contribution in [0.4, 0.5) is 19.3 Å². The fraction of sp³-hybridized carbons (Fsp3) is 0.238. The number of urea groups is 1. The van der Waals surface area contributed by atoms with Crippen LogP contribution < -0.4 is 10.1 Å². The highest BCUT2D eigenvalue weighted by Crippen LogP contribution is 2.24. The van der Waals surface area contributed by atoms with E-state index in [-0.39, 0.29) is 24.3 Å². The minimum atomic E-state index is -0.355. The smallest absolute Gasteiger partial charge is 0.322 e. The Hall–Kier alpha value is -3.42. The molecule has 6 nitrogen and oxygen atoms in total. The fourth-order valence-corrected chi connectivity index (χ4v) is 3.38. The molecular formula is C21H20F2N4O2. The lowest BCUT2D eigenvalue weighted by molar-refractivity contribution is 0.205. The molecule has 0 saturated heterocycles. The molecule has 0 unspecified atom stereocenters. The van der Waals surface area contributed by atoms with Crippen LogP contribution in [-0.4, -0.2) is 27.3 Å². The summed E-state index contributed by atoms with van der Waals surface area (Å²) in [7, 11) is 1.87. The Morgan fingerprint density at radius 3 is 2.45 bits per heavy atom. The molecule has 1 aliphatic heterocycles. The van der Waals surface area contributed by atoms with Gasteiger partial charge in [0.25, 0.3) is 0 Å². The highest BCUT2D eigenvalue weighted by atomic mass is 19.1. The number of aromatic nitrogens is 2. The molecule has 4 rings (SSSR count). The van der Waals surface area contributed by atoms with E-state index in [0.717, 1.165) is 17.0 Å². The number of benzene rings is 2. The number of anilines is 1. The summed E-state index contributed by atoms with van der Waals surface area (Å²) in [6.07, 6.45) is 0.673. The zero-order valence-electron chi connectivity index (χ0n) is 15.9. The Bertz CT molecular complexity index is 1020. The summed E-state index contributed by atoms with van der Waals surface area (Å²) in [4.78, 5) is 14.3. The van der Waals surface area contributed by atoms with Gasteiger partial charge in [-0.1, -0.05) is 0 Å². The van der Waals surface area contributed by atoms with Crippen molar-refractivity contribution in [1.82, 2.24) is 14.7 Å². The molecule has 1 N–H and O–H groups in total. The molecule has 2 heterocycles. The van der Waals surface area contributed by atoms with Crippen LogP contribution in [0.2, 0.25) is 0 Å². The van der Waals surface area contributed by atoms with Crippen LogP contribution in [0.5, 0.6) is 5.75 Å². The standard InChI is InChI=1S/C21H20F2N4O2/c1-26-20-10-11-27(21(28)24-16-6-2-14(22)3-7-16)12-18(20)19(25-26)13-29-17-8-4-15(23)5-9-17/h2-9H,10-13H2,1H3,(H,24,28). The van der Waals surface area contributed by atoms with Gasteiger partial charge in [-0.15, -0.1) is 0 Å². The number of nitrogens with zero attached hydrogens (tertiary/aromatic N) is 3. The van der Waals surface area contributed by atoms with Crippen molar-refractivity contribution >= 4 is 11.7 Å². The maximum Gasteiger partial charge on any atom is 0.322 e. The van der Waals surface area contributed by atoms with E-state index < -0.39 is 0 Å². The lowest BCUT2D eigenvalue weighted by Gasteiger charge is -2.28. The molecule has 1 aromatic heterocycles. The van der Waals surface area contributed by atoms with Crippen LogP contribution in [0.15, 0.2) is 48.5 Å². The number of aryl methyl sites for hydroxylation is 1. The maximum absolute atomic E-state index is 13.0. The summed E-state index contributed by atoms with van der Waals surface area (Å²) in [5, 5.41) is 7.32. The van der Waals surface area contributed by atoms with Crippen LogP contribution in [0.1, 0.15) is 17.0 Å². The lowest BCUT2D eigenvalue weighted by atomic mass is 10.1. The van der Waals surface area contributed by atoms with E-state index in [1.807, 2.05) is 11.7 Å². The molecule has 2 aromatic carbocycles. The number of carbonyl (C=O) groups excluding carboxylic acids is 1. The third kappa shape index (κ3) is 4.21.